The van der Waals surface area contributed by atoms with Gasteiger partial charge in [-0.15, -0.1) is 0 Å². The smallest absolute Gasteiger partial charge is 0.326 e. The second-order valence-corrected chi connectivity index (χ2v) is 19.2. The van der Waals surface area contributed by atoms with E-state index >= 15 is 0 Å². The van der Waals surface area contributed by atoms with E-state index in [-0.39, 0.29) is 68.5 Å². The summed E-state index contributed by atoms with van der Waals surface area (Å²) < 4.78 is 1.49. The Morgan fingerprint density at radius 3 is 2.15 bits per heavy atom. The van der Waals surface area contributed by atoms with Gasteiger partial charge in [-0.05, 0) is 55.1 Å². The Morgan fingerprint density at radius 1 is 0.877 bits per heavy atom. The summed E-state index contributed by atoms with van der Waals surface area (Å²) in [6.45, 7) is 10.1. The standard InChI is InChI=1S/C47H70N14O12/c1-21(2)14-31-42(67)59-37(23(5)6)43(68)58-32(41(66)56-29(45(70)71)8-7-13-52-47(50)51)17-27-26-10-9-24(36(22(3)4)38(44(69)57-31)60-40(65)28(49)11-12-35(63)64)15-30(26)55-39(27)61-19-25(53-20-61)16-33(46(72)73)54-34(62)18-48/h9-10,15,19-23,28-29,31-33,36-38,55H,7-8,11-14,16-18,48-49H2,1-6H3,(H,54,62)(H,56,66)(H,57,69)(H,58,68)(H,59,67)(H,60,65)(H,63,64)(H,70,71)(H,72,73)(H4,50,51,52)/t28-,29-,31-,32-,33-,36+,37-,38-/m0/s1. The van der Waals surface area contributed by atoms with Gasteiger partial charge in [-0.3, -0.25) is 43.1 Å². The number of hydrogen-bond donors (Lipinski definition) is 14. The van der Waals surface area contributed by atoms with Gasteiger partial charge in [0.05, 0.1) is 18.3 Å². The van der Waals surface area contributed by atoms with Crippen molar-refractivity contribution in [1.82, 2.24) is 46.4 Å². The second kappa shape index (κ2) is 26.2. The Morgan fingerprint density at radius 2 is 1.56 bits per heavy atom. The van der Waals surface area contributed by atoms with Crippen LogP contribution >= 0.6 is 0 Å². The molecular weight excluding hydrogens is 953 g/mol. The Kier molecular flexibility index (Phi) is 20.8. The lowest BCUT2D eigenvalue weighted by molar-refractivity contribution is -0.142. The van der Waals surface area contributed by atoms with Gasteiger partial charge in [0, 0.05) is 54.4 Å². The molecule has 4 bridgehead atoms. The van der Waals surface area contributed by atoms with Crippen LogP contribution in [0.2, 0.25) is 0 Å². The number of nitrogens with two attached hydrogens (primary N) is 4. The fourth-order valence-electron chi connectivity index (χ4n) is 8.56. The van der Waals surface area contributed by atoms with Gasteiger partial charge in [-0.25, -0.2) is 14.6 Å². The van der Waals surface area contributed by atoms with Gasteiger partial charge in [-0.2, -0.15) is 0 Å². The van der Waals surface area contributed by atoms with E-state index < -0.39 is 126 Å². The SMILES string of the molecule is CC(C)C[C@@H]1NC(=O)[C@@H](NC(=O)[C@@H](N)CCC(=O)O)[C@H](C(C)C)c2ccc3c(c(-n4cnc(C[C@H](NC(=O)CN)C(=O)O)c4)[nH]c3c2)C[C@@H](C(=O)N[C@@H](CCCN=C(N)N)C(=O)O)NC(=O)[C@H](C(C)C)NC1=O. The molecule has 0 aliphatic carbocycles. The number of carbonyl (C=O) groups is 9. The van der Waals surface area contributed by atoms with Crippen LogP contribution in [0.4, 0.5) is 0 Å². The predicted octanol–water partition coefficient (Wildman–Crippen LogP) is -1.82. The quantitative estimate of drug-likeness (QED) is 0.0228. The van der Waals surface area contributed by atoms with Crippen molar-refractivity contribution < 1.29 is 58.5 Å². The van der Waals surface area contributed by atoms with E-state index in [4.69, 9.17) is 22.9 Å². The molecule has 73 heavy (non-hydrogen) atoms. The maximum Gasteiger partial charge on any atom is 0.326 e. The third-order valence-corrected chi connectivity index (χ3v) is 12.3. The number of nitrogens with one attached hydrogen (secondary N) is 7. The molecule has 4 heterocycles. The minimum Gasteiger partial charge on any atom is -0.481 e. The fraction of sp³-hybridized carbons (Fsp3) is 0.553. The van der Waals surface area contributed by atoms with Crippen LogP contribution in [0.5, 0.6) is 0 Å². The third-order valence-electron chi connectivity index (χ3n) is 12.3. The summed E-state index contributed by atoms with van der Waals surface area (Å²) in [5.74, 6) is -10.8. The van der Waals surface area contributed by atoms with Crippen molar-refractivity contribution in [2.24, 2.45) is 45.7 Å². The summed E-state index contributed by atoms with van der Waals surface area (Å²) >= 11 is 0. The van der Waals surface area contributed by atoms with Crippen LogP contribution in [0, 0.1) is 17.8 Å². The largest absolute Gasteiger partial charge is 0.481 e. The van der Waals surface area contributed by atoms with Crippen molar-refractivity contribution in [3.8, 4) is 5.82 Å². The molecule has 2 aliphatic heterocycles. The number of hydrogen-bond acceptors (Lipinski definition) is 13. The Bertz CT molecular complexity index is 2530. The summed E-state index contributed by atoms with van der Waals surface area (Å²) in [5.41, 5.74) is 23.9. The van der Waals surface area contributed by atoms with Gasteiger partial charge in [0.15, 0.2) is 5.96 Å². The lowest BCUT2D eigenvalue weighted by Gasteiger charge is -2.33. The first-order chi connectivity index (χ1) is 34.3. The first kappa shape index (κ1) is 58.0. The number of aliphatic carboxylic acids is 3. The molecule has 18 N–H and O–H groups in total. The molecule has 2 aromatic heterocycles. The fourth-order valence-corrected chi connectivity index (χ4v) is 8.56. The third kappa shape index (κ3) is 16.2. The highest BCUT2D eigenvalue weighted by Gasteiger charge is 2.39. The normalized spacial score (nSPS) is 19.9. The molecule has 0 saturated heterocycles. The van der Waals surface area contributed by atoms with E-state index in [1.165, 1.54) is 17.1 Å². The number of carboxylic acid groups (broad SMARTS) is 3. The van der Waals surface area contributed by atoms with E-state index in [0.717, 1.165) is 0 Å². The average molecular weight is 1020 g/mol. The van der Waals surface area contributed by atoms with Gasteiger partial charge in [0.25, 0.3) is 0 Å². The molecule has 1 aromatic carbocycles. The first-order valence-corrected chi connectivity index (χ1v) is 24.0. The molecule has 8 atom stereocenters. The average Bonchev–Trinajstić information content (AvgIpc) is 3.92. The molecular formula is C47H70N14O12. The highest BCUT2D eigenvalue weighted by atomic mass is 16.4. The van der Waals surface area contributed by atoms with Crippen LogP contribution in [0.25, 0.3) is 16.7 Å². The molecule has 26 nitrogen and oxygen atoms in total. The first-order valence-electron chi connectivity index (χ1n) is 24.0. The van der Waals surface area contributed by atoms with Crippen LogP contribution in [0.1, 0.15) is 96.4 Å². The number of guanidine groups is 1. The molecule has 26 heteroatoms. The monoisotopic (exact) mass is 1020 g/mol. The number of aliphatic imine (C=N–C) groups is 1. The Balaban J connectivity index is 2.02. The molecule has 0 unspecified atom stereocenters. The van der Waals surface area contributed by atoms with Crippen molar-refractivity contribution in [3.63, 3.8) is 0 Å². The number of imidazole rings is 1. The van der Waals surface area contributed by atoms with E-state index in [2.05, 4.69) is 46.9 Å². The number of fused-ring (bicyclic) bond motifs is 12. The van der Waals surface area contributed by atoms with Crippen LogP contribution in [0.3, 0.4) is 0 Å². The molecule has 0 spiro atoms. The van der Waals surface area contributed by atoms with Crippen LogP contribution < -0.4 is 54.8 Å². The molecule has 0 fully saturated rings. The zero-order chi connectivity index (χ0) is 54.4. The van der Waals surface area contributed by atoms with Gasteiger partial charge in [-0.1, -0.05) is 53.7 Å². The van der Waals surface area contributed by atoms with E-state index in [1.807, 2.05) is 27.7 Å². The van der Waals surface area contributed by atoms with Gasteiger partial charge < -0.3 is 75.1 Å². The van der Waals surface area contributed by atoms with E-state index in [0.29, 0.717) is 22.0 Å². The summed E-state index contributed by atoms with van der Waals surface area (Å²) in [7, 11) is 0. The van der Waals surface area contributed by atoms with Crippen molar-refractivity contribution in [1.29, 1.82) is 0 Å². The van der Waals surface area contributed by atoms with E-state index in [9.17, 15) is 58.5 Å². The molecule has 400 valence electrons. The van der Waals surface area contributed by atoms with Gasteiger partial charge in [0.2, 0.25) is 35.4 Å². The number of rotatable bonds is 22. The number of amides is 6. The van der Waals surface area contributed by atoms with Gasteiger partial charge in [0.1, 0.15) is 48.4 Å². The topological polar surface area (TPSA) is 437 Å². The molecule has 6 amide bonds. The summed E-state index contributed by atoms with van der Waals surface area (Å²) in [6, 6.07) is -4.69. The van der Waals surface area contributed by atoms with Crippen molar-refractivity contribution in [2.45, 2.75) is 135 Å². The zero-order valence-corrected chi connectivity index (χ0v) is 41.8. The van der Waals surface area contributed by atoms with Crippen molar-refractivity contribution in [2.75, 3.05) is 13.1 Å². The summed E-state index contributed by atoms with van der Waals surface area (Å²) in [4.78, 5) is 132. The second-order valence-electron chi connectivity index (χ2n) is 19.2. The number of carboxylic acids is 3. The zero-order valence-electron chi connectivity index (χ0n) is 41.8. The molecule has 2 aliphatic rings. The predicted molar refractivity (Wildman–Crippen MR) is 265 cm³/mol. The highest BCUT2D eigenvalue weighted by Crippen LogP contribution is 2.34. The minimum atomic E-state index is -1.54. The maximum atomic E-state index is 14.8. The minimum absolute atomic E-state index is 0.0570. The van der Waals surface area contributed by atoms with Crippen LogP contribution in [-0.2, 0) is 56.0 Å². The number of carbonyl (C=O) groups excluding carboxylic acids is 6. The lowest BCUT2D eigenvalue weighted by Crippen LogP contribution is -2.61. The summed E-state index contributed by atoms with van der Waals surface area (Å²) in [6.07, 6.45) is 1.66. The van der Waals surface area contributed by atoms with Crippen LogP contribution in [-0.4, -0.2) is 145 Å². The number of nitrogens with zero attached hydrogens (tertiary/aromatic N) is 3. The van der Waals surface area contributed by atoms with Crippen LogP contribution in [0.15, 0.2) is 35.7 Å². The lowest BCUT2D eigenvalue weighted by atomic mass is 9.81. The number of aromatic amines is 1. The number of aromatic nitrogens is 3. The van der Waals surface area contributed by atoms with Crippen molar-refractivity contribution in [3.05, 3.63) is 47.5 Å². The Labute approximate surface area is 421 Å². The summed E-state index contributed by atoms with van der Waals surface area (Å²) in [5, 5.41) is 45.8. The van der Waals surface area contributed by atoms with Crippen molar-refractivity contribution >= 4 is 70.2 Å². The number of H-pyrrole nitrogens is 1. The molecule has 0 radical (unpaired) electrons. The molecule has 3 aromatic rings. The highest BCUT2D eigenvalue weighted by molar-refractivity contribution is 5.98. The maximum absolute atomic E-state index is 14.8. The Hall–Kier alpha value is -7.61. The van der Waals surface area contributed by atoms with E-state index in [1.54, 1.807) is 32.0 Å². The van der Waals surface area contributed by atoms with Gasteiger partial charge >= 0.3 is 17.9 Å². The molecule has 5 rings (SSSR count). The molecule has 0 saturated carbocycles. The number of benzene rings is 1.